The molecule has 1 fully saturated rings. The Kier molecular flexibility index (Phi) is 17.2. The number of hydrogen-bond donors (Lipinski definition) is 2. The van der Waals surface area contributed by atoms with Gasteiger partial charge in [0.15, 0.2) is 6.29 Å². The molecule has 1 aliphatic rings. The molecule has 0 unspecified atom stereocenters. The molecule has 1 amide bonds. The lowest BCUT2D eigenvalue weighted by Gasteiger charge is -2.38. The van der Waals surface area contributed by atoms with Crippen LogP contribution in [-0.2, 0) is 22.6 Å². The molecule has 0 aliphatic carbocycles. The Bertz CT molecular complexity index is 1270. The van der Waals surface area contributed by atoms with Gasteiger partial charge in [-0.2, -0.15) is 0 Å². The Labute approximate surface area is 290 Å². The van der Waals surface area contributed by atoms with Gasteiger partial charge in [-0.15, -0.1) is 0 Å². The van der Waals surface area contributed by atoms with E-state index in [1.165, 1.54) is 77.0 Å². The van der Waals surface area contributed by atoms with Crippen molar-refractivity contribution in [2.45, 2.75) is 129 Å². The van der Waals surface area contributed by atoms with Gasteiger partial charge in [0.2, 0.25) is 0 Å². The number of amides is 1. The van der Waals surface area contributed by atoms with Crippen LogP contribution < -0.4 is 5.32 Å². The van der Waals surface area contributed by atoms with Gasteiger partial charge in [-0.05, 0) is 54.8 Å². The lowest BCUT2D eigenvalue weighted by atomic mass is 9.99. The van der Waals surface area contributed by atoms with Crippen molar-refractivity contribution in [2.75, 3.05) is 19.6 Å². The van der Waals surface area contributed by atoms with Crippen LogP contribution in [0.4, 0.5) is 0 Å². The Morgan fingerprint density at radius 3 is 1.88 bits per heavy atom. The molecule has 3 aromatic rings. The molecule has 262 valence electrons. The van der Waals surface area contributed by atoms with Gasteiger partial charge < -0.3 is 24.8 Å². The van der Waals surface area contributed by atoms with E-state index in [2.05, 4.69) is 48.3 Å². The number of hydrogen-bond acceptors (Lipinski definition) is 5. The number of unbranched alkanes of at least 4 members (excludes halogenated alkanes) is 10. The minimum atomic E-state index is -0.482. The van der Waals surface area contributed by atoms with Gasteiger partial charge >= 0.3 is 0 Å². The van der Waals surface area contributed by atoms with E-state index in [1.54, 1.807) is 0 Å². The Hall–Kier alpha value is -3.03. The molecule has 0 saturated carbocycles. The van der Waals surface area contributed by atoms with Gasteiger partial charge in [0, 0.05) is 30.6 Å². The maximum atomic E-state index is 12.5. The summed E-state index contributed by atoms with van der Waals surface area (Å²) in [6.07, 6.45) is 15.9. The zero-order chi connectivity index (χ0) is 33.8. The fraction of sp³-hybridized carbons (Fsp3) is 0.548. The first-order valence-corrected chi connectivity index (χ1v) is 18.7. The van der Waals surface area contributed by atoms with Crippen LogP contribution in [0.1, 0.15) is 142 Å². The van der Waals surface area contributed by atoms with Gasteiger partial charge in [0.05, 0.1) is 18.8 Å². The SMILES string of the molecule is CCCCCCCCN(CCCCCCCC)C[C@H]1C[C@@H](c2ccc(CO)cc2)O[C@@H](c2ccc(CNC(=O)c3ccccc3)cc2)O1. The van der Waals surface area contributed by atoms with Crippen molar-refractivity contribution in [3.63, 3.8) is 0 Å². The second-order valence-electron chi connectivity index (χ2n) is 13.5. The van der Waals surface area contributed by atoms with Crippen molar-refractivity contribution in [2.24, 2.45) is 0 Å². The van der Waals surface area contributed by atoms with Crippen LogP contribution in [0.2, 0.25) is 0 Å². The first kappa shape index (κ1) is 37.8. The smallest absolute Gasteiger partial charge is 0.251 e. The number of nitrogens with one attached hydrogen (secondary N) is 1. The third-order valence-corrected chi connectivity index (χ3v) is 9.47. The van der Waals surface area contributed by atoms with E-state index in [0.717, 1.165) is 48.3 Å². The lowest BCUT2D eigenvalue weighted by Crippen LogP contribution is -2.40. The molecular formula is C42H60N2O4. The molecule has 0 aromatic heterocycles. The number of rotatable bonds is 22. The summed E-state index contributed by atoms with van der Waals surface area (Å²) in [4.78, 5) is 15.2. The first-order valence-electron chi connectivity index (χ1n) is 18.7. The van der Waals surface area contributed by atoms with Crippen LogP contribution in [0, 0.1) is 0 Å². The van der Waals surface area contributed by atoms with E-state index in [9.17, 15) is 9.90 Å². The standard InChI is InChI=1S/C42H60N2O4/c1-3-5-7-9-11-16-28-44(29-17-12-10-8-6-4-2)32-39-30-40(36-24-22-35(33-45)23-25-36)48-42(47-39)38-26-20-34(21-27-38)31-43-41(46)37-18-14-13-15-19-37/h13-15,18-27,39-40,42,45H,3-12,16-17,28-33H2,1-2H3,(H,43,46)/t39-,40+,42+/m1/s1. The summed E-state index contributed by atoms with van der Waals surface area (Å²) in [6, 6.07) is 25.7. The monoisotopic (exact) mass is 656 g/mol. The molecule has 6 nitrogen and oxygen atoms in total. The Morgan fingerprint density at radius 1 is 0.708 bits per heavy atom. The van der Waals surface area contributed by atoms with Crippen LogP contribution in [0.3, 0.4) is 0 Å². The van der Waals surface area contributed by atoms with Gasteiger partial charge in [-0.1, -0.05) is 145 Å². The summed E-state index contributed by atoms with van der Waals surface area (Å²) in [7, 11) is 0. The van der Waals surface area contributed by atoms with Crippen molar-refractivity contribution in [3.8, 4) is 0 Å². The van der Waals surface area contributed by atoms with Crippen LogP contribution in [0.5, 0.6) is 0 Å². The summed E-state index contributed by atoms with van der Waals surface area (Å²) in [5.74, 6) is -0.0806. The largest absolute Gasteiger partial charge is 0.392 e. The summed E-state index contributed by atoms with van der Waals surface area (Å²) < 4.78 is 13.4. The molecule has 3 aromatic carbocycles. The van der Waals surface area contributed by atoms with Crippen molar-refractivity contribution in [1.29, 1.82) is 0 Å². The zero-order valence-electron chi connectivity index (χ0n) is 29.6. The van der Waals surface area contributed by atoms with Crippen LogP contribution in [0.25, 0.3) is 0 Å². The van der Waals surface area contributed by atoms with Gasteiger partial charge in [-0.3, -0.25) is 4.79 Å². The predicted octanol–water partition coefficient (Wildman–Crippen LogP) is 9.68. The molecule has 0 bridgehead atoms. The number of carbonyl (C=O) groups is 1. The number of nitrogens with zero attached hydrogens (tertiary/aromatic N) is 1. The second-order valence-corrected chi connectivity index (χ2v) is 13.5. The van der Waals surface area contributed by atoms with Crippen LogP contribution in [-0.4, -0.2) is 41.7 Å². The Morgan fingerprint density at radius 2 is 1.27 bits per heavy atom. The van der Waals surface area contributed by atoms with E-state index in [-0.39, 0.29) is 24.7 Å². The summed E-state index contributed by atoms with van der Waals surface area (Å²) in [6.45, 7) is 8.17. The number of benzene rings is 3. The van der Waals surface area contributed by atoms with Crippen molar-refractivity contribution in [3.05, 3.63) is 107 Å². The molecule has 2 N–H and O–H groups in total. The molecule has 1 saturated heterocycles. The predicted molar refractivity (Wildman–Crippen MR) is 196 cm³/mol. The maximum Gasteiger partial charge on any atom is 0.251 e. The average Bonchev–Trinajstić information content (AvgIpc) is 3.13. The highest BCUT2D eigenvalue weighted by Gasteiger charge is 2.33. The highest BCUT2D eigenvalue weighted by atomic mass is 16.7. The Balaban J connectivity index is 1.42. The molecule has 1 aliphatic heterocycles. The van der Waals surface area contributed by atoms with E-state index in [1.807, 2.05) is 54.6 Å². The molecule has 0 radical (unpaired) electrons. The number of ether oxygens (including phenoxy) is 2. The molecule has 3 atom stereocenters. The van der Waals surface area contributed by atoms with Crippen molar-refractivity contribution in [1.82, 2.24) is 10.2 Å². The van der Waals surface area contributed by atoms with Crippen LogP contribution >= 0.6 is 0 Å². The van der Waals surface area contributed by atoms with Crippen molar-refractivity contribution >= 4 is 5.91 Å². The number of aliphatic hydroxyl groups is 1. The number of aliphatic hydroxyl groups excluding tert-OH is 1. The second kappa shape index (κ2) is 21.8. The minimum absolute atomic E-state index is 0.0319. The van der Waals surface area contributed by atoms with E-state index in [4.69, 9.17) is 9.47 Å². The summed E-state index contributed by atoms with van der Waals surface area (Å²) in [5, 5.41) is 12.6. The maximum absolute atomic E-state index is 12.5. The minimum Gasteiger partial charge on any atom is -0.392 e. The molecule has 0 spiro atoms. The third kappa shape index (κ3) is 13.1. The van der Waals surface area contributed by atoms with E-state index >= 15 is 0 Å². The van der Waals surface area contributed by atoms with E-state index < -0.39 is 6.29 Å². The summed E-state index contributed by atoms with van der Waals surface area (Å²) >= 11 is 0. The first-order chi connectivity index (χ1) is 23.6. The topological polar surface area (TPSA) is 71.0 Å². The van der Waals surface area contributed by atoms with Crippen LogP contribution in [0.15, 0.2) is 78.9 Å². The molecule has 4 rings (SSSR count). The fourth-order valence-corrected chi connectivity index (χ4v) is 6.51. The highest BCUT2D eigenvalue weighted by Crippen LogP contribution is 2.38. The van der Waals surface area contributed by atoms with Gasteiger partial charge in [-0.25, -0.2) is 0 Å². The average molecular weight is 657 g/mol. The number of carbonyl (C=O) groups excluding carboxylic acids is 1. The lowest BCUT2D eigenvalue weighted by molar-refractivity contribution is -0.253. The summed E-state index contributed by atoms with van der Waals surface area (Å²) in [5.41, 5.74) is 4.68. The van der Waals surface area contributed by atoms with Crippen molar-refractivity contribution < 1.29 is 19.4 Å². The fourth-order valence-electron chi connectivity index (χ4n) is 6.51. The molecule has 6 heteroatoms. The molecule has 1 heterocycles. The normalized spacial score (nSPS) is 17.9. The zero-order valence-corrected chi connectivity index (χ0v) is 29.6. The van der Waals surface area contributed by atoms with Gasteiger partial charge in [0.25, 0.3) is 5.91 Å². The molecular weight excluding hydrogens is 596 g/mol. The highest BCUT2D eigenvalue weighted by molar-refractivity contribution is 5.94. The molecule has 48 heavy (non-hydrogen) atoms. The van der Waals surface area contributed by atoms with Gasteiger partial charge in [0.1, 0.15) is 0 Å². The quantitative estimate of drug-likeness (QED) is 0.105. The third-order valence-electron chi connectivity index (χ3n) is 9.47. The van der Waals surface area contributed by atoms with E-state index in [0.29, 0.717) is 12.1 Å².